The van der Waals surface area contributed by atoms with Crippen molar-refractivity contribution in [3.63, 3.8) is 0 Å². The van der Waals surface area contributed by atoms with Crippen molar-refractivity contribution < 1.29 is 0 Å². The molecule has 2 rings (SSSR count). The highest BCUT2D eigenvalue weighted by molar-refractivity contribution is 9.10. The Kier molecular flexibility index (Phi) is 3.99. The zero-order valence-electron chi connectivity index (χ0n) is 9.49. The minimum absolute atomic E-state index is 0.796. The highest BCUT2D eigenvalue weighted by atomic mass is 79.9. The minimum atomic E-state index is 0.796. The van der Waals surface area contributed by atoms with Crippen molar-refractivity contribution in [2.45, 2.75) is 6.54 Å². The molecule has 0 aliphatic heterocycles. The molecule has 0 aliphatic rings. The van der Waals surface area contributed by atoms with E-state index in [1.54, 1.807) is 0 Å². The third kappa shape index (κ3) is 2.98. The molecule has 0 amide bonds. The van der Waals surface area contributed by atoms with Crippen LogP contribution >= 0.6 is 15.9 Å². The van der Waals surface area contributed by atoms with Crippen molar-refractivity contribution in [3.8, 4) is 0 Å². The third-order valence-corrected chi connectivity index (χ3v) is 3.31. The van der Waals surface area contributed by atoms with Gasteiger partial charge in [0, 0.05) is 16.7 Å². The molecule has 17 heavy (non-hydrogen) atoms. The number of hydrogen-bond acceptors (Lipinski definition) is 1. The van der Waals surface area contributed by atoms with Gasteiger partial charge >= 0.3 is 0 Å². The first-order valence-electron chi connectivity index (χ1n) is 5.50. The maximum absolute atomic E-state index is 3.83. The van der Waals surface area contributed by atoms with Gasteiger partial charge in [0.1, 0.15) is 0 Å². The molecule has 0 heterocycles. The molecule has 86 valence electrons. The summed E-state index contributed by atoms with van der Waals surface area (Å²) in [5.41, 5.74) is 3.52. The first-order chi connectivity index (χ1) is 8.31. The predicted molar refractivity (Wildman–Crippen MR) is 78.0 cm³/mol. The van der Waals surface area contributed by atoms with E-state index in [9.17, 15) is 0 Å². The lowest BCUT2D eigenvalue weighted by molar-refractivity contribution is 1.14. The highest BCUT2D eigenvalue weighted by Crippen LogP contribution is 2.22. The van der Waals surface area contributed by atoms with Gasteiger partial charge in [-0.2, -0.15) is 0 Å². The van der Waals surface area contributed by atoms with Crippen LogP contribution in [0.5, 0.6) is 0 Å². The van der Waals surface area contributed by atoms with Crippen molar-refractivity contribution in [2.75, 3.05) is 5.32 Å². The van der Waals surface area contributed by atoms with Crippen LogP contribution in [0.2, 0.25) is 0 Å². The average Bonchev–Trinajstić information content (AvgIpc) is 2.38. The lowest BCUT2D eigenvalue weighted by Gasteiger charge is -2.10. The van der Waals surface area contributed by atoms with Gasteiger partial charge in [-0.15, -0.1) is 0 Å². The van der Waals surface area contributed by atoms with Crippen LogP contribution in [0, 0.1) is 0 Å². The molecule has 0 bridgehead atoms. The fourth-order valence-electron chi connectivity index (χ4n) is 1.69. The van der Waals surface area contributed by atoms with E-state index >= 15 is 0 Å². The van der Waals surface area contributed by atoms with Crippen LogP contribution in [-0.4, -0.2) is 0 Å². The Morgan fingerprint density at radius 1 is 1.06 bits per heavy atom. The van der Waals surface area contributed by atoms with Gasteiger partial charge < -0.3 is 5.32 Å². The first kappa shape index (κ1) is 11.9. The van der Waals surface area contributed by atoms with Crippen LogP contribution in [0.4, 0.5) is 5.69 Å². The summed E-state index contributed by atoms with van der Waals surface area (Å²) in [6, 6.07) is 16.4. The second kappa shape index (κ2) is 5.69. The summed E-state index contributed by atoms with van der Waals surface area (Å²) in [4.78, 5) is 0. The van der Waals surface area contributed by atoms with E-state index in [1.165, 1.54) is 11.1 Å². The standard InChI is InChI=1S/C15H14BrN/c1-2-12-7-3-4-8-13(12)11-17-15-10-6-5-9-14(15)16/h2-10,17H,1,11H2. The van der Waals surface area contributed by atoms with Crippen molar-refractivity contribution >= 4 is 27.7 Å². The number of rotatable bonds is 4. The van der Waals surface area contributed by atoms with Gasteiger partial charge in [-0.3, -0.25) is 0 Å². The number of anilines is 1. The normalized spacial score (nSPS) is 9.94. The van der Waals surface area contributed by atoms with Crippen LogP contribution < -0.4 is 5.32 Å². The van der Waals surface area contributed by atoms with Gasteiger partial charge in [0.25, 0.3) is 0 Å². The maximum Gasteiger partial charge on any atom is 0.0487 e. The lowest BCUT2D eigenvalue weighted by atomic mass is 10.1. The summed E-state index contributed by atoms with van der Waals surface area (Å²) in [5, 5.41) is 3.41. The van der Waals surface area contributed by atoms with Crippen LogP contribution in [0.3, 0.4) is 0 Å². The summed E-state index contributed by atoms with van der Waals surface area (Å²) in [5.74, 6) is 0. The fourth-order valence-corrected chi connectivity index (χ4v) is 2.11. The first-order valence-corrected chi connectivity index (χ1v) is 6.29. The number of benzene rings is 2. The van der Waals surface area contributed by atoms with E-state index in [-0.39, 0.29) is 0 Å². The Labute approximate surface area is 110 Å². The van der Waals surface area contributed by atoms with E-state index in [4.69, 9.17) is 0 Å². The number of halogens is 1. The van der Waals surface area contributed by atoms with Gasteiger partial charge in [-0.05, 0) is 39.2 Å². The summed E-state index contributed by atoms with van der Waals surface area (Å²) in [6.07, 6.45) is 1.89. The Hall–Kier alpha value is -1.54. The van der Waals surface area contributed by atoms with Crippen molar-refractivity contribution in [1.82, 2.24) is 0 Å². The Morgan fingerprint density at radius 2 is 1.76 bits per heavy atom. The summed E-state index contributed by atoms with van der Waals surface area (Å²) in [7, 11) is 0. The molecule has 0 atom stereocenters. The zero-order chi connectivity index (χ0) is 12.1. The van der Waals surface area contributed by atoms with Crippen LogP contribution in [0.25, 0.3) is 6.08 Å². The molecule has 0 aromatic heterocycles. The molecular weight excluding hydrogens is 274 g/mol. The molecule has 0 aliphatic carbocycles. The highest BCUT2D eigenvalue weighted by Gasteiger charge is 2.00. The molecular formula is C15H14BrN. The van der Waals surface area contributed by atoms with Gasteiger partial charge in [-0.1, -0.05) is 49.1 Å². The lowest BCUT2D eigenvalue weighted by Crippen LogP contribution is -2.01. The summed E-state index contributed by atoms with van der Waals surface area (Å²) in [6.45, 7) is 4.62. The van der Waals surface area contributed by atoms with E-state index in [1.807, 2.05) is 36.4 Å². The smallest absolute Gasteiger partial charge is 0.0487 e. The monoisotopic (exact) mass is 287 g/mol. The number of para-hydroxylation sites is 1. The van der Waals surface area contributed by atoms with E-state index < -0.39 is 0 Å². The molecule has 1 nitrogen and oxygen atoms in total. The largest absolute Gasteiger partial charge is 0.380 e. The minimum Gasteiger partial charge on any atom is -0.380 e. The van der Waals surface area contributed by atoms with Crippen molar-refractivity contribution in [1.29, 1.82) is 0 Å². The van der Waals surface area contributed by atoms with Crippen LogP contribution in [0.15, 0.2) is 59.6 Å². The summed E-state index contributed by atoms with van der Waals surface area (Å²) >= 11 is 3.52. The molecule has 2 heteroatoms. The van der Waals surface area contributed by atoms with E-state index in [0.29, 0.717) is 0 Å². The van der Waals surface area contributed by atoms with E-state index in [0.717, 1.165) is 16.7 Å². The summed E-state index contributed by atoms with van der Waals surface area (Å²) < 4.78 is 1.08. The quantitative estimate of drug-likeness (QED) is 0.859. The zero-order valence-corrected chi connectivity index (χ0v) is 11.1. The Balaban J connectivity index is 2.13. The van der Waals surface area contributed by atoms with Crippen molar-refractivity contribution in [2.24, 2.45) is 0 Å². The third-order valence-electron chi connectivity index (χ3n) is 2.62. The Bertz CT molecular complexity index is 520. The molecule has 0 saturated carbocycles. The van der Waals surface area contributed by atoms with Gasteiger partial charge in [0.2, 0.25) is 0 Å². The van der Waals surface area contributed by atoms with Crippen LogP contribution in [-0.2, 0) is 6.54 Å². The molecule has 0 saturated heterocycles. The Morgan fingerprint density at radius 3 is 2.53 bits per heavy atom. The average molecular weight is 288 g/mol. The maximum atomic E-state index is 3.83. The SMILES string of the molecule is C=Cc1ccccc1CNc1ccccc1Br. The van der Waals surface area contributed by atoms with Gasteiger partial charge in [0.15, 0.2) is 0 Å². The molecule has 0 radical (unpaired) electrons. The van der Waals surface area contributed by atoms with Crippen molar-refractivity contribution in [3.05, 3.63) is 70.7 Å². The van der Waals surface area contributed by atoms with Gasteiger partial charge in [-0.25, -0.2) is 0 Å². The predicted octanol–water partition coefficient (Wildman–Crippen LogP) is 4.70. The molecule has 1 N–H and O–H groups in total. The molecule has 2 aromatic carbocycles. The van der Waals surface area contributed by atoms with Crippen LogP contribution in [0.1, 0.15) is 11.1 Å². The molecule has 0 fully saturated rings. The molecule has 2 aromatic rings. The molecule has 0 spiro atoms. The van der Waals surface area contributed by atoms with E-state index in [2.05, 4.69) is 46.0 Å². The van der Waals surface area contributed by atoms with Gasteiger partial charge in [0.05, 0.1) is 0 Å². The second-order valence-corrected chi connectivity index (χ2v) is 4.59. The number of hydrogen-bond donors (Lipinski definition) is 1. The number of nitrogens with one attached hydrogen (secondary N) is 1. The topological polar surface area (TPSA) is 12.0 Å². The molecule has 0 unspecified atom stereocenters. The fraction of sp³-hybridized carbons (Fsp3) is 0.0667. The second-order valence-electron chi connectivity index (χ2n) is 3.74.